The first-order chi connectivity index (χ1) is 10.1. The average Bonchev–Trinajstić information content (AvgIpc) is 3.18. The van der Waals surface area contributed by atoms with Crippen molar-refractivity contribution in [1.82, 2.24) is 15.3 Å². The molecule has 2 atom stereocenters. The van der Waals surface area contributed by atoms with Crippen LogP contribution in [0.1, 0.15) is 37.8 Å². The number of methoxy groups -OCH3 is 1. The van der Waals surface area contributed by atoms with Crippen LogP contribution in [0.15, 0.2) is 17.4 Å². The lowest BCUT2D eigenvalue weighted by Crippen LogP contribution is -2.52. The third-order valence-corrected chi connectivity index (χ3v) is 5.29. The maximum absolute atomic E-state index is 12.2. The van der Waals surface area contributed by atoms with Gasteiger partial charge in [0.2, 0.25) is 0 Å². The number of carbonyl (C=O) groups excluding carboxylic acids is 1. The van der Waals surface area contributed by atoms with Crippen molar-refractivity contribution in [2.24, 2.45) is 0 Å². The summed E-state index contributed by atoms with van der Waals surface area (Å²) in [5.74, 6) is -0.123. The van der Waals surface area contributed by atoms with E-state index in [4.69, 9.17) is 4.74 Å². The molecule has 1 aromatic heterocycles. The van der Waals surface area contributed by atoms with E-state index in [1.54, 1.807) is 18.0 Å². The normalized spacial score (nSPS) is 28.6. The van der Waals surface area contributed by atoms with Crippen LogP contribution in [0.3, 0.4) is 0 Å². The first-order valence-electron chi connectivity index (χ1n) is 7.44. The van der Waals surface area contributed by atoms with Gasteiger partial charge in [0.15, 0.2) is 5.16 Å². The lowest BCUT2D eigenvalue weighted by molar-refractivity contribution is -0.148. The summed E-state index contributed by atoms with van der Waals surface area (Å²) in [5, 5.41) is 4.67. The number of nitrogens with one attached hydrogen (secondary N) is 1. The summed E-state index contributed by atoms with van der Waals surface area (Å²) in [6.45, 7) is 1.97. The van der Waals surface area contributed by atoms with E-state index in [9.17, 15) is 4.79 Å². The number of rotatable bonds is 5. The Morgan fingerprint density at radius 2 is 2.29 bits per heavy atom. The van der Waals surface area contributed by atoms with E-state index < -0.39 is 5.54 Å². The Labute approximate surface area is 129 Å². The second-order valence-electron chi connectivity index (χ2n) is 5.96. The minimum absolute atomic E-state index is 0.123. The van der Waals surface area contributed by atoms with Crippen LogP contribution in [0.5, 0.6) is 0 Å². The molecular weight excluding hydrogens is 286 g/mol. The Bertz CT molecular complexity index is 535. The van der Waals surface area contributed by atoms with Crippen LogP contribution in [0, 0.1) is 6.92 Å². The van der Waals surface area contributed by atoms with Gasteiger partial charge >= 0.3 is 5.97 Å². The lowest BCUT2D eigenvalue weighted by Gasteiger charge is -2.27. The summed E-state index contributed by atoms with van der Waals surface area (Å²) in [6, 6.07) is 2.38. The summed E-state index contributed by atoms with van der Waals surface area (Å²) in [4.78, 5) is 21.0. The molecule has 2 aliphatic rings. The van der Waals surface area contributed by atoms with E-state index in [0.717, 1.165) is 43.0 Å². The van der Waals surface area contributed by atoms with Gasteiger partial charge in [-0.15, -0.1) is 0 Å². The maximum Gasteiger partial charge on any atom is 0.326 e. The highest BCUT2D eigenvalue weighted by Crippen LogP contribution is 2.41. The highest BCUT2D eigenvalue weighted by atomic mass is 32.2. The molecule has 0 saturated heterocycles. The third-order valence-electron chi connectivity index (χ3n) is 4.15. The third kappa shape index (κ3) is 3.37. The Kier molecular flexibility index (Phi) is 4.17. The van der Waals surface area contributed by atoms with Gasteiger partial charge in [0.25, 0.3) is 0 Å². The van der Waals surface area contributed by atoms with Gasteiger partial charge in [-0.25, -0.2) is 9.97 Å². The topological polar surface area (TPSA) is 64.1 Å². The SMILES string of the molecule is COC(=O)C1(NC2CC2)CCC(Sc2nccc(C)n2)C1. The quantitative estimate of drug-likeness (QED) is 0.664. The van der Waals surface area contributed by atoms with Gasteiger partial charge in [-0.3, -0.25) is 10.1 Å². The van der Waals surface area contributed by atoms with Gasteiger partial charge in [0.05, 0.1) is 7.11 Å². The first-order valence-corrected chi connectivity index (χ1v) is 8.32. The van der Waals surface area contributed by atoms with Crippen LogP contribution >= 0.6 is 11.8 Å². The number of hydrogen-bond donors (Lipinski definition) is 1. The van der Waals surface area contributed by atoms with Crippen molar-refractivity contribution >= 4 is 17.7 Å². The Balaban J connectivity index is 1.68. The van der Waals surface area contributed by atoms with Crippen molar-refractivity contribution in [3.8, 4) is 0 Å². The van der Waals surface area contributed by atoms with Crippen molar-refractivity contribution in [3.05, 3.63) is 18.0 Å². The van der Waals surface area contributed by atoms with E-state index in [0.29, 0.717) is 11.3 Å². The van der Waals surface area contributed by atoms with Gasteiger partial charge in [0.1, 0.15) is 5.54 Å². The number of thioether (sulfide) groups is 1. The number of ether oxygens (including phenoxy) is 1. The minimum Gasteiger partial charge on any atom is -0.468 e. The van der Waals surface area contributed by atoms with Gasteiger partial charge in [-0.05, 0) is 45.1 Å². The molecule has 0 spiro atoms. The Hall–Kier alpha value is -1.14. The summed E-state index contributed by atoms with van der Waals surface area (Å²) in [7, 11) is 1.47. The predicted molar refractivity (Wildman–Crippen MR) is 81.2 cm³/mol. The predicted octanol–water partition coefficient (Wildman–Crippen LogP) is 2.09. The summed E-state index contributed by atoms with van der Waals surface area (Å²) < 4.78 is 5.04. The Morgan fingerprint density at radius 1 is 1.48 bits per heavy atom. The van der Waals surface area contributed by atoms with E-state index in [-0.39, 0.29) is 5.97 Å². The maximum atomic E-state index is 12.2. The number of aromatic nitrogens is 2. The van der Waals surface area contributed by atoms with Crippen molar-refractivity contribution in [1.29, 1.82) is 0 Å². The van der Waals surface area contributed by atoms with Crippen molar-refractivity contribution in [3.63, 3.8) is 0 Å². The van der Waals surface area contributed by atoms with Crippen LogP contribution in [0.25, 0.3) is 0 Å². The van der Waals surface area contributed by atoms with Crippen molar-refractivity contribution in [2.45, 2.75) is 61.0 Å². The largest absolute Gasteiger partial charge is 0.468 e. The lowest BCUT2D eigenvalue weighted by atomic mass is 9.97. The molecule has 0 bridgehead atoms. The molecule has 1 aromatic rings. The zero-order chi connectivity index (χ0) is 14.9. The van der Waals surface area contributed by atoms with E-state index in [1.165, 1.54) is 7.11 Å². The summed E-state index contributed by atoms with van der Waals surface area (Å²) >= 11 is 1.67. The molecule has 6 heteroatoms. The fraction of sp³-hybridized carbons (Fsp3) is 0.667. The van der Waals surface area contributed by atoms with Crippen molar-refractivity contribution in [2.75, 3.05) is 7.11 Å². The molecule has 0 radical (unpaired) electrons. The van der Waals surface area contributed by atoms with Crippen LogP contribution < -0.4 is 5.32 Å². The van der Waals surface area contributed by atoms with Crippen LogP contribution in [-0.4, -0.2) is 39.9 Å². The van der Waals surface area contributed by atoms with E-state index >= 15 is 0 Å². The van der Waals surface area contributed by atoms with Gasteiger partial charge in [-0.1, -0.05) is 11.8 Å². The molecule has 1 N–H and O–H groups in total. The standard InChI is InChI=1S/C15H21N3O2S/c1-10-6-8-16-14(17-10)21-12-5-7-15(9-12,13(19)20-2)18-11-3-4-11/h6,8,11-12,18H,3-5,7,9H2,1-2H3. The zero-order valence-electron chi connectivity index (χ0n) is 12.5. The van der Waals surface area contributed by atoms with Crippen LogP contribution in [0.4, 0.5) is 0 Å². The fourth-order valence-electron chi connectivity index (χ4n) is 2.92. The first kappa shape index (κ1) is 14.8. The molecule has 3 rings (SSSR count). The molecule has 0 aromatic carbocycles. The molecule has 0 amide bonds. The van der Waals surface area contributed by atoms with Gasteiger partial charge in [-0.2, -0.15) is 0 Å². The van der Waals surface area contributed by atoms with Crippen LogP contribution in [-0.2, 0) is 9.53 Å². The second-order valence-corrected chi connectivity index (χ2v) is 7.22. The van der Waals surface area contributed by atoms with Gasteiger partial charge < -0.3 is 4.74 Å². The molecule has 114 valence electrons. The molecule has 2 fully saturated rings. The smallest absolute Gasteiger partial charge is 0.326 e. The molecule has 2 unspecified atom stereocenters. The summed E-state index contributed by atoms with van der Waals surface area (Å²) in [5.41, 5.74) is 0.470. The highest BCUT2D eigenvalue weighted by Gasteiger charge is 2.49. The van der Waals surface area contributed by atoms with E-state index in [1.807, 2.05) is 13.0 Å². The second kappa shape index (κ2) is 5.93. The number of nitrogens with zero attached hydrogens (tertiary/aromatic N) is 2. The fourth-order valence-corrected chi connectivity index (χ4v) is 4.14. The van der Waals surface area contributed by atoms with Crippen molar-refractivity contribution < 1.29 is 9.53 Å². The number of esters is 1. The molecule has 5 nitrogen and oxygen atoms in total. The molecule has 2 aliphatic carbocycles. The average molecular weight is 307 g/mol. The van der Waals surface area contributed by atoms with E-state index in [2.05, 4.69) is 15.3 Å². The summed E-state index contributed by atoms with van der Waals surface area (Å²) in [6.07, 6.45) is 6.72. The monoisotopic (exact) mass is 307 g/mol. The van der Waals surface area contributed by atoms with Gasteiger partial charge in [0, 0.05) is 23.2 Å². The molecular formula is C15H21N3O2S. The number of carbonyl (C=O) groups is 1. The Morgan fingerprint density at radius 3 is 2.95 bits per heavy atom. The zero-order valence-corrected chi connectivity index (χ0v) is 13.3. The molecule has 21 heavy (non-hydrogen) atoms. The minimum atomic E-state index is -0.503. The molecule has 2 saturated carbocycles. The number of aryl methyl sites for hydroxylation is 1. The van der Waals surface area contributed by atoms with Crippen LogP contribution in [0.2, 0.25) is 0 Å². The molecule has 1 heterocycles. The highest BCUT2D eigenvalue weighted by molar-refractivity contribution is 7.99. The number of hydrogen-bond acceptors (Lipinski definition) is 6. The molecule has 0 aliphatic heterocycles.